The van der Waals surface area contributed by atoms with Crippen molar-refractivity contribution >= 4 is 17.8 Å². The Morgan fingerprint density at radius 3 is 2.22 bits per heavy atom. The van der Waals surface area contributed by atoms with E-state index in [2.05, 4.69) is 10.6 Å². The third-order valence-electron chi connectivity index (χ3n) is 4.80. The Labute approximate surface area is 187 Å². The van der Waals surface area contributed by atoms with Crippen molar-refractivity contribution in [3.05, 3.63) is 59.7 Å². The summed E-state index contributed by atoms with van der Waals surface area (Å²) in [4.78, 5) is 36.9. The molecule has 0 heterocycles. The molecule has 32 heavy (non-hydrogen) atoms. The molecule has 2 amide bonds. The Hall–Kier alpha value is -3.55. The highest BCUT2D eigenvalue weighted by molar-refractivity contribution is 5.90. The molecular formula is C24H30N2O6. The largest absolute Gasteiger partial charge is 0.508 e. The summed E-state index contributed by atoms with van der Waals surface area (Å²) in [7, 11) is 0. The quantitative estimate of drug-likeness (QED) is 0.424. The molecule has 172 valence electrons. The number of rotatable bonds is 11. The average Bonchev–Trinajstić information content (AvgIpc) is 2.73. The van der Waals surface area contributed by atoms with E-state index in [-0.39, 0.29) is 24.7 Å². The summed E-state index contributed by atoms with van der Waals surface area (Å²) in [6, 6.07) is 11.3. The molecule has 0 aliphatic carbocycles. The van der Waals surface area contributed by atoms with Crippen LogP contribution in [0.2, 0.25) is 0 Å². The van der Waals surface area contributed by atoms with Gasteiger partial charge in [0, 0.05) is 6.42 Å². The maximum absolute atomic E-state index is 12.8. The van der Waals surface area contributed by atoms with Crippen LogP contribution < -0.4 is 15.4 Å². The monoisotopic (exact) mass is 442 g/mol. The van der Waals surface area contributed by atoms with Crippen molar-refractivity contribution < 1.29 is 29.3 Å². The summed E-state index contributed by atoms with van der Waals surface area (Å²) in [6.45, 7) is 5.41. The van der Waals surface area contributed by atoms with Gasteiger partial charge >= 0.3 is 5.97 Å². The number of para-hydroxylation sites is 1. The zero-order chi connectivity index (χ0) is 23.7. The molecule has 0 aliphatic rings. The minimum Gasteiger partial charge on any atom is -0.508 e. The van der Waals surface area contributed by atoms with Gasteiger partial charge in [-0.05, 0) is 48.6 Å². The molecule has 0 aromatic heterocycles. The third kappa shape index (κ3) is 7.94. The molecule has 2 aromatic rings. The van der Waals surface area contributed by atoms with Crippen LogP contribution in [0.15, 0.2) is 48.5 Å². The number of benzene rings is 2. The zero-order valence-electron chi connectivity index (χ0n) is 18.5. The van der Waals surface area contributed by atoms with Crippen molar-refractivity contribution in [2.45, 2.75) is 45.7 Å². The fourth-order valence-electron chi connectivity index (χ4n) is 3.14. The Morgan fingerprint density at radius 1 is 0.969 bits per heavy atom. The third-order valence-corrected chi connectivity index (χ3v) is 4.80. The van der Waals surface area contributed by atoms with E-state index in [0.717, 1.165) is 5.56 Å². The number of aliphatic carboxylic acids is 1. The Balaban J connectivity index is 2.01. The normalized spacial score (nSPS) is 12.6. The summed E-state index contributed by atoms with van der Waals surface area (Å²) in [6.07, 6.45) is 0.383. The van der Waals surface area contributed by atoms with Crippen molar-refractivity contribution in [1.82, 2.24) is 10.6 Å². The second-order valence-corrected chi connectivity index (χ2v) is 8.07. The number of amides is 2. The molecular weight excluding hydrogens is 412 g/mol. The van der Waals surface area contributed by atoms with E-state index in [9.17, 15) is 24.6 Å². The van der Waals surface area contributed by atoms with E-state index in [0.29, 0.717) is 17.7 Å². The predicted molar refractivity (Wildman–Crippen MR) is 119 cm³/mol. The highest BCUT2D eigenvalue weighted by Gasteiger charge is 2.27. The van der Waals surface area contributed by atoms with Gasteiger partial charge in [0.2, 0.25) is 5.91 Å². The summed E-state index contributed by atoms with van der Waals surface area (Å²) in [5, 5.41) is 24.1. The van der Waals surface area contributed by atoms with Gasteiger partial charge in [0.1, 0.15) is 23.6 Å². The number of carboxylic acids is 1. The van der Waals surface area contributed by atoms with Crippen molar-refractivity contribution in [3.63, 3.8) is 0 Å². The molecule has 0 aliphatic heterocycles. The van der Waals surface area contributed by atoms with Gasteiger partial charge in [0.05, 0.1) is 0 Å². The lowest BCUT2D eigenvalue weighted by Gasteiger charge is -2.23. The fraction of sp³-hybridized carbons (Fsp3) is 0.375. The van der Waals surface area contributed by atoms with Gasteiger partial charge in [0.15, 0.2) is 6.61 Å². The van der Waals surface area contributed by atoms with Crippen LogP contribution in [-0.4, -0.2) is 46.7 Å². The molecule has 8 nitrogen and oxygen atoms in total. The van der Waals surface area contributed by atoms with Gasteiger partial charge in [-0.25, -0.2) is 4.79 Å². The number of carbonyl (C=O) groups is 3. The Bertz CT molecular complexity index is 926. The summed E-state index contributed by atoms with van der Waals surface area (Å²) in [5.41, 5.74) is 1.53. The van der Waals surface area contributed by atoms with Gasteiger partial charge in [0.25, 0.3) is 5.91 Å². The summed E-state index contributed by atoms with van der Waals surface area (Å²) < 4.78 is 5.53. The van der Waals surface area contributed by atoms with Crippen LogP contribution in [0.5, 0.6) is 11.5 Å². The summed E-state index contributed by atoms with van der Waals surface area (Å²) in [5.74, 6) is -1.51. The van der Waals surface area contributed by atoms with Gasteiger partial charge in [-0.2, -0.15) is 0 Å². The molecule has 2 rings (SSSR count). The van der Waals surface area contributed by atoms with Crippen LogP contribution in [0, 0.1) is 12.8 Å². The lowest BCUT2D eigenvalue weighted by molar-refractivity contribution is -0.142. The molecule has 0 spiro atoms. The number of carbonyl (C=O) groups excluding carboxylic acids is 2. The number of hydrogen-bond donors (Lipinski definition) is 4. The molecule has 0 bridgehead atoms. The molecule has 0 saturated heterocycles. The molecule has 4 N–H and O–H groups in total. The second kappa shape index (κ2) is 11.7. The van der Waals surface area contributed by atoms with E-state index >= 15 is 0 Å². The minimum atomic E-state index is -1.19. The lowest BCUT2D eigenvalue weighted by Crippen LogP contribution is -2.53. The van der Waals surface area contributed by atoms with E-state index in [4.69, 9.17) is 4.74 Å². The van der Waals surface area contributed by atoms with Crippen LogP contribution in [0.25, 0.3) is 0 Å². The first-order chi connectivity index (χ1) is 15.2. The van der Waals surface area contributed by atoms with Crippen LogP contribution in [0.1, 0.15) is 31.4 Å². The highest BCUT2D eigenvalue weighted by atomic mass is 16.5. The van der Waals surface area contributed by atoms with Crippen LogP contribution >= 0.6 is 0 Å². The Kier molecular flexibility index (Phi) is 9.07. The average molecular weight is 443 g/mol. The molecule has 0 radical (unpaired) electrons. The smallest absolute Gasteiger partial charge is 0.326 e. The number of ether oxygens (including phenoxy) is 1. The highest BCUT2D eigenvalue weighted by Crippen LogP contribution is 2.16. The first-order valence-electron chi connectivity index (χ1n) is 10.4. The first-order valence-corrected chi connectivity index (χ1v) is 10.4. The van der Waals surface area contributed by atoms with Gasteiger partial charge in [-0.15, -0.1) is 0 Å². The van der Waals surface area contributed by atoms with E-state index in [1.165, 1.54) is 12.1 Å². The second-order valence-electron chi connectivity index (χ2n) is 8.07. The maximum atomic E-state index is 12.8. The number of carboxylic acid groups (broad SMARTS) is 1. The molecule has 0 fully saturated rings. The molecule has 2 aromatic carbocycles. The molecule has 0 saturated carbocycles. The van der Waals surface area contributed by atoms with Crippen LogP contribution in [0.4, 0.5) is 0 Å². The Morgan fingerprint density at radius 2 is 1.62 bits per heavy atom. The van der Waals surface area contributed by atoms with Gasteiger partial charge in [-0.3, -0.25) is 9.59 Å². The summed E-state index contributed by atoms with van der Waals surface area (Å²) >= 11 is 0. The lowest BCUT2D eigenvalue weighted by atomic mass is 10.0. The predicted octanol–water partition coefficient (Wildman–Crippen LogP) is 2.42. The molecule has 0 unspecified atom stereocenters. The minimum absolute atomic E-state index is 0.0418. The number of hydrogen-bond acceptors (Lipinski definition) is 5. The molecule has 2 atom stereocenters. The van der Waals surface area contributed by atoms with Crippen molar-refractivity contribution in [1.29, 1.82) is 0 Å². The van der Waals surface area contributed by atoms with Gasteiger partial charge < -0.3 is 25.6 Å². The number of aryl methyl sites for hydroxylation is 1. The van der Waals surface area contributed by atoms with Crippen molar-refractivity contribution in [2.75, 3.05) is 6.61 Å². The maximum Gasteiger partial charge on any atom is 0.326 e. The van der Waals surface area contributed by atoms with E-state index in [1.54, 1.807) is 24.3 Å². The van der Waals surface area contributed by atoms with E-state index in [1.807, 2.05) is 32.9 Å². The van der Waals surface area contributed by atoms with Crippen LogP contribution in [0.3, 0.4) is 0 Å². The number of phenols is 1. The number of phenolic OH excluding ortho intramolecular Hbond substituents is 1. The van der Waals surface area contributed by atoms with Gasteiger partial charge in [-0.1, -0.05) is 44.2 Å². The standard InChI is InChI=1S/C24H30N2O6/c1-15(2)12-19(25-22(28)14-32-21-7-5-4-6-16(21)3)23(29)26-20(24(30)31)13-17-8-10-18(27)11-9-17/h4-11,15,19-20,27H,12-14H2,1-3H3,(H,25,28)(H,26,29)(H,30,31)/t19-,20-/m0/s1. The van der Waals surface area contributed by atoms with Crippen molar-refractivity contribution in [3.8, 4) is 11.5 Å². The molecule has 8 heteroatoms. The van der Waals surface area contributed by atoms with Crippen LogP contribution in [-0.2, 0) is 20.8 Å². The number of nitrogens with one attached hydrogen (secondary N) is 2. The SMILES string of the molecule is Cc1ccccc1OCC(=O)N[C@@H](CC(C)C)C(=O)N[C@@H](Cc1ccc(O)cc1)C(=O)O. The van der Waals surface area contributed by atoms with E-state index < -0.39 is 29.9 Å². The zero-order valence-corrected chi connectivity index (χ0v) is 18.5. The fourth-order valence-corrected chi connectivity index (χ4v) is 3.14. The number of aromatic hydroxyl groups is 1. The first kappa shape index (κ1) is 24.7. The van der Waals surface area contributed by atoms with Crippen molar-refractivity contribution in [2.24, 2.45) is 5.92 Å². The topological polar surface area (TPSA) is 125 Å².